The van der Waals surface area contributed by atoms with Crippen molar-refractivity contribution in [1.29, 1.82) is 10.5 Å². The first-order valence-corrected chi connectivity index (χ1v) is 2.99. The van der Waals surface area contributed by atoms with Gasteiger partial charge in [0.15, 0.2) is 0 Å². The third-order valence-electron chi connectivity index (χ3n) is 0.928. The van der Waals surface area contributed by atoms with Crippen molar-refractivity contribution in [3.05, 3.63) is 22.7 Å². The Kier molecular flexibility index (Phi) is 2.00. The summed E-state index contributed by atoms with van der Waals surface area (Å²) in [7, 11) is 0. The summed E-state index contributed by atoms with van der Waals surface area (Å²) in [5.74, 6) is 0. The van der Waals surface area contributed by atoms with Crippen LogP contribution in [0.15, 0.2) is 6.07 Å². The highest BCUT2D eigenvalue weighted by atomic mass is 35.5. The third-order valence-corrected chi connectivity index (χ3v) is 1.10. The zero-order valence-corrected chi connectivity index (χ0v) is 6.00. The SMILES string of the molecule is N#Cc1cc(C#N)nc(Cl)n1. The quantitative estimate of drug-likeness (QED) is 0.534. The number of halogens is 1. The molecule has 0 aromatic carbocycles. The van der Waals surface area contributed by atoms with Gasteiger partial charge in [-0.15, -0.1) is 0 Å². The first-order valence-electron chi connectivity index (χ1n) is 2.61. The van der Waals surface area contributed by atoms with E-state index in [-0.39, 0.29) is 16.7 Å². The molecule has 1 aromatic rings. The van der Waals surface area contributed by atoms with Crippen molar-refractivity contribution in [3.63, 3.8) is 0 Å². The van der Waals surface area contributed by atoms with Crippen molar-refractivity contribution < 1.29 is 0 Å². The van der Waals surface area contributed by atoms with Gasteiger partial charge in [-0.05, 0) is 11.6 Å². The van der Waals surface area contributed by atoms with Gasteiger partial charge in [0, 0.05) is 6.07 Å². The molecular formula is C6HClN4. The number of nitrogens with zero attached hydrogens (tertiary/aromatic N) is 4. The van der Waals surface area contributed by atoms with E-state index in [4.69, 9.17) is 22.1 Å². The van der Waals surface area contributed by atoms with Crippen LogP contribution in [0.25, 0.3) is 0 Å². The Morgan fingerprint density at radius 3 is 2.00 bits per heavy atom. The van der Waals surface area contributed by atoms with Crippen LogP contribution in [0.4, 0.5) is 0 Å². The predicted octanol–water partition coefficient (Wildman–Crippen LogP) is 0.873. The highest BCUT2D eigenvalue weighted by Crippen LogP contribution is 2.03. The zero-order chi connectivity index (χ0) is 8.27. The molecule has 0 amide bonds. The first kappa shape index (κ1) is 7.46. The van der Waals surface area contributed by atoms with Crippen LogP contribution in [-0.4, -0.2) is 9.97 Å². The summed E-state index contributed by atoms with van der Waals surface area (Å²) in [5.41, 5.74) is 0.197. The number of nitriles is 2. The summed E-state index contributed by atoms with van der Waals surface area (Å²) >= 11 is 5.38. The van der Waals surface area contributed by atoms with Crippen molar-refractivity contribution in [3.8, 4) is 12.1 Å². The number of hydrogen-bond donors (Lipinski definition) is 0. The van der Waals surface area contributed by atoms with Crippen LogP contribution < -0.4 is 0 Å². The molecule has 5 heteroatoms. The molecule has 11 heavy (non-hydrogen) atoms. The van der Waals surface area contributed by atoms with E-state index in [9.17, 15) is 0 Å². The maximum absolute atomic E-state index is 8.37. The molecule has 1 aromatic heterocycles. The fraction of sp³-hybridized carbons (Fsp3) is 0. The zero-order valence-electron chi connectivity index (χ0n) is 5.24. The minimum atomic E-state index is -0.0828. The number of rotatable bonds is 0. The van der Waals surface area contributed by atoms with Crippen molar-refractivity contribution in [1.82, 2.24) is 9.97 Å². The van der Waals surface area contributed by atoms with Crippen LogP contribution in [0.1, 0.15) is 11.4 Å². The maximum Gasteiger partial charge on any atom is 0.224 e. The summed E-state index contributed by atoms with van der Waals surface area (Å²) in [6, 6.07) is 4.78. The van der Waals surface area contributed by atoms with Gasteiger partial charge in [0.1, 0.15) is 23.5 Å². The standard InChI is InChI=1S/C6HClN4/c7-6-10-4(2-8)1-5(3-9)11-6/h1H. The van der Waals surface area contributed by atoms with Crippen LogP contribution >= 0.6 is 11.6 Å². The van der Waals surface area contributed by atoms with Crippen molar-refractivity contribution in [2.45, 2.75) is 0 Å². The molecule has 0 unspecified atom stereocenters. The molecule has 0 bridgehead atoms. The Bertz CT molecular complexity index is 328. The monoisotopic (exact) mass is 164 g/mol. The topological polar surface area (TPSA) is 73.4 Å². The van der Waals surface area contributed by atoms with E-state index < -0.39 is 0 Å². The van der Waals surface area contributed by atoms with E-state index in [1.807, 2.05) is 0 Å². The fourth-order valence-corrected chi connectivity index (χ4v) is 0.714. The predicted molar refractivity (Wildman–Crippen MR) is 36.5 cm³/mol. The second-order valence-corrected chi connectivity index (χ2v) is 1.97. The highest BCUT2D eigenvalue weighted by molar-refractivity contribution is 6.28. The van der Waals surface area contributed by atoms with E-state index in [1.165, 1.54) is 6.07 Å². The Morgan fingerprint density at radius 1 is 1.18 bits per heavy atom. The van der Waals surface area contributed by atoms with E-state index >= 15 is 0 Å². The molecule has 1 rings (SSSR count). The first-order chi connectivity index (χ1) is 5.26. The van der Waals surface area contributed by atoms with Gasteiger partial charge < -0.3 is 0 Å². The summed E-state index contributed by atoms with van der Waals surface area (Å²) in [6.45, 7) is 0. The molecule has 0 saturated heterocycles. The lowest BCUT2D eigenvalue weighted by Gasteiger charge is -1.89. The van der Waals surface area contributed by atoms with Crippen molar-refractivity contribution >= 4 is 11.6 Å². The van der Waals surface area contributed by atoms with Crippen molar-refractivity contribution in [2.24, 2.45) is 0 Å². The number of aromatic nitrogens is 2. The molecule has 0 radical (unpaired) electrons. The van der Waals surface area contributed by atoms with Gasteiger partial charge in [-0.1, -0.05) is 0 Å². The van der Waals surface area contributed by atoms with Crippen molar-refractivity contribution in [2.75, 3.05) is 0 Å². The molecule has 0 fully saturated rings. The second-order valence-electron chi connectivity index (χ2n) is 1.63. The third kappa shape index (κ3) is 1.64. The molecule has 0 aliphatic rings. The van der Waals surface area contributed by atoms with Crippen LogP contribution in [-0.2, 0) is 0 Å². The number of hydrogen-bond acceptors (Lipinski definition) is 4. The maximum atomic E-state index is 8.37. The van der Waals surface area contributed by atoms with Gasteiger partial charge in [0.05, 0.1) is 0 Å². The van der Waals surface area contributed by atoms with E-state index in [0.29, 0.717) is 0 Å². The molecule has 1 heterocycles. The van der Waals surface area contributed by atoms with Crippen LogP contribution in [0, 0.1) is 22.7 Å². The van der Waals surface area contributed by atoms with E-state index in [2.05, 4.69) is 9.97 Å². The summed E-state index contributed by atoms with van der Waals surface area (Å²) in [6.07, 6.45) is 0. The molecule has 0 spiro atoms. The molecular weight excluding hydrogens is 164 g/mol. The average molecular weight is 165 g/mol. The summed E-state index contributed by atoms with van der Waals surface area (Å²) < 4.78 is 0. The lowest BCUT2D eigenvalue weighted by molar-refractivity contribution is 1.11. The van der Waals surface area contributed by atoms with Gasteiger partial charge in [0.25, 0.3) is 0 Å². The Morgan fingerprint density at radius 2 is 1.64 bits per heavy atom. The smallest absolute Gasteiger partial charge is 0.207 e. The van der Waals surface area contributed by atoms with Gasteiger partial charge in [-0.25, -0.2) is 9.97 Å². The molecule has 0 aliphatic carbocycles. The Balaban J connectivity index is 3.28. The van der Waals surface area contributed by atoms with Crippen LogP contribution in [0.5, 0.6) is 0 Å². The molecule has 0 saturated carbocycles. The molecule has 0 aliphatic heterocycles. The van der Waals surface area contributed by atoms with Crippen LogP contribution in [0.2, 0.25) is 5.28 Å². The normalized spacial score (nSPS) is 8.27. The molecule has 0 atom stereocenters. The van der Waals surface area contributed by atoms with Gasteiger partial charge in [-0.3, -0.25) is 0 Å². The molecule has 52 valence electrons. The average Bonchev–Trinajstić information content (AvgIpc) is 2.03. The Hall–Kier alpha value is -1.65. The molecule has 4 nitrogen and oxygen atoms in total. The van der Waals surface area contributed by atoms with E-state index in [1.54, 1.807) is 12.1 Å². The lowest BCUT2D eigenvalue weighted by atomic mass is 10.3. The summed E-state index contributed by atoms with van der Waals surface area (Å²) in [4.78, 5) is 7.08. The second kappa shape index (κ2) is 2.96. The van der Waals surface area contributed by atoms with Crippen LogP contribution in [0.3, 0.4) is 0 Å². The Labute approximate surface area is 67.7 Å². The largest absolute Gasteiger partial charge is 0.224 e. The lowest BCUT2D eigenvalue weighted by Crippen LogP contribution is -1.90. The summed E-state index contributed by atoms with van der Waals surface area (Å²) in [5, 5.41) is 16.7. The van der Waals surface area contributed by atoms with E-state index in [0.717, 1.165) is 0 Å². The minimum absolute atomic E-state index is 0.0828. The van der Waals surface area contributed by atoms with Gasteiger partial charge in [0.2, 0.25) is 5.28 Å². The molecule has 0 N–H and O–H groups in total. The fourth-order valence-electron chi connectivity index (χ4n) is 0.532. The highest BCUT2D eigenvalue weighted by Gasteiger charge is 1.99. The minimum Gasteiger partial charge on any atom is -0.207 e. The van der Waals surface area contributed by atoms with Gasteiger partial charge in [-0.2, -0.15) is 10.5 Å². The van der Waals surface area contributed by atoms with Gasteiger partial charge >= 0.3 is 0 Å².